The number of rotatable bonds is 6. The van der Waals surface area contributed by atoms with Crippen molar-refractivity contribution >= 4 is 29.1 Å². The Morgan fingerprint density at radius 1 is 1.05 bits per heavy atom. The Hall–Kier alpha value is -4.53. The van der Waals surface area contributed by atoms with Gasteiger partial charge >= 0.3 is 5.97 Å². The minimum atomic E-state index is -0.526. The molecule has 198 valence electrons. The van der Waals surface area contributed by atoms with Crippen molar-refractivity contribution in [3.8, 4) is 0 Å². The van der Waals surface area contributed by atoms with Crippen molar-refractivity contribution in [2.75, 3.05) is 25.0 Å². The van der Waals surface area contributed by atoms with Crippen LogP contribution in [0.25, 0.3) is 5.65 Å². The number of fused-ring (bicyclic) bond motifs is 3. The molecule has 1 N–H and O–H groups in total. The minimum Gasteiger partial charge on any atom is -0.462 e. The van der Waals surface area contributed by atoms with Crippen molar-refractivity contribution in [2.24, 2.45) is 0 Å². The molecule has 1 spiro atoms. The van der Waals surface area contributed by atoms with Gasteiger partial charge in [0, 0.05) is 49.4 Å². The van der Waals surface area contributed by atoms with E-state index in [1.54, 1.807) is 13.1 Å². The van der Waals surface area contributed by atoms with Crippen LogP contribution in [0.5, 0.6) is 0 Å². The molecule has 2 aromatic heterocycles. The fourth-order valence-electron chi connectivity index (χ4n) is 5.80. The normalized spacial score (nSPS) is 15.9. The lowest BCUT2D eigenvalue weighted by Crippen LogP contribution is -2.44. The molecule has 39 heavy (non-hydrogen) atoms. The SMILES string of the molecule is CCOC(=O)c1c(NCc2ccccc2)nn2cc(C(=O)N3CCC4(CC3)CC(=O)c3ccccc34)cnc12. The molecule has 1 fully saturated rings. The second kappa shape index (κ2) is 9.98. The van der Waals surface area contributed by atoms with E-state index in [4.69, 9.17) is 4.74 Å². The van der Waals surface area contributed by atoms with Crippen LogP contribution in [0.4, 0.5) is 5.82 Å². The number of aromatic nitrogens is 3. The van der Waals surface area contributed by atoms with Crippen molar-refractivity contribution in [2.45, 2.75) is 38.1 Å². The number of carbonyl (C=O) groups is 3. The largest absolute Gasteiger partial charge is 0.462 e. The number of amides is 1. The Morgan fingerprint density at radius 3 is 2.56 bits per heavy atom. The molecule has 0 atom stereocenters. The van der Waals surface area contributed by atoms with E-state index in [2.05, 4.69) is 21.5 Å². The number of likely N-dealkylation sites (tertiary alicyclic amines) is 1. The molecule has 4 aromatic rings. The molecule has 9 nitrogen and oxygen atoms in total. The van der Waals surface area contributed by atoms with Crippen LogP contribution >= 0.6 is 0 Å². The zero-order chi connectivity index (χ0) is 27.0. The first kappa shape index (κ1) is 24.8. The third kappa shape index (κ3) is 4.43. The van der Waals surface area contributed by atoms with Crippen LogP contribution in [0.2, 0.25) is 0 Å². The predicted molar refractivity (Wildman–Crippen MR) is 145 cm³/mol. The molecular weight excluding hydrogens is 494 g/mol. The highest BCUT2D eigenvalue weighted by Gasteiger charge is 2.45. The second-order valence-electron chi connectivity index (χ2n) is 10.1. The summed E-state index contributed by atoms with van der Waals surface area (Å²) in [5.41, 5.74) is 3.71. The third-order valence-electron chi connectivity index (χ3n) is 7.81. The van der Waals surface area contributed by atoms with Crippen molar-refractivity contribution in [3.63, 3.8) is 0 Å². The lowest BCUT2D eigenvalue weighted by molar-refractivity contribution is 0.0528. The first-order valence-electron chi connectivity index (χ1n) is 13.2. The number of hydrogen-bond donors (Lipinski definition) is 1. The maximum atomic E-state index is 13.5. The summed E-state index contributed by atoms with van der Waals surface area (Å²) in [7, 11) is 0. The van der Waals surface area contributed by atoms with E-state index in [-0.39, 0.29) is 29.3 Å². The van der Waals surface area contributed by atoms with Gasteiger partial charge in [-0.15, -0.1) is 5.10 Å². The van der Waals surface area contributed by atoms with E-state index in [9.17, 15) is 14.4 Å². The number of piperidine rings is 1. The highest BCUT2D eigenvalue weighted by Crippen LogP contribution is 2.46. The minimum absolute atomic E-state index is 0.149. The van der Waals surface area contributed by atoms with Crippen LogP contribution in [-0.2, 0) is 16.7 Å². The average molecular weight is 524 g/mol. The Morgan fingerprint density at radius 2 is 1.79 bits per heavy atom. The van der Waals surface area contributed by atoms with Gasteiger partial charge in [-0.25, -0.2) is 14.3 Å². The fourth-order valence-corrected chi connectivity index (χ4v) is 5.80. The standard InChI is InChI=1S/C30H29N5O4/c1-2-39-29(38)25-26(31-17-20-8-4-3-5-9-20)33-35-19-21(18-32-27(25)35)28(37)34-14-12-30(13-15-34)16-24(36)22-10-6-7-11-23(22)30/h3-11,18-19H,2,12-17H2,1H3,(H,31,33). The first-order chi connectivity index (χ1) is 19.0. The van der Waals surface area contributed by atoms with Crippen molar-refractivity contribution in [1.82, 2.24) is 19.5 Å². The topological polar surface area (TPSA) is 106 Å². The first-order valence-corrected chi connectivity index (χ1v) is 13.2. The van der Waals surface area contributed by atoms with Crippen molar-refractivity contribution < 1.29 is 19.1 Å². The van der Waals surface area contributed by atoms with Gasteiger partial charge in [-0.1, -0.05) is 54.6 Å². The summed E-state index contributed by atoms with van der Waals surface area (Å²) >= 11 is 0. The number of nitrogens with one attached hydrogen (secondary N) is 1. The number of esters is 1. The number of carbonyl (C=O) groups excluding carboxylic acids is 3. The highest BCUT2D eigenvalue weighted by atomic mass is 16.5. The lowest BCUT2D eigenvalue weighted by atomic mass is 9.74. The van der Waals surface area contributed by atoms with Crippen LogP contribution in [-0.4, -0.2) is 56.9 Å². The molecule has 1 aliphatic carbocycles. The number of ketones is 1. The van der Waals surface area contributed by atoms with Crippen LogP contribution < -0.4 is 5.32 Å². The monoisotopic (exact) mass is 523 g/mol. The summed E-state index contributed by atoms with van der Waals surface area (Å²) in [6.07, 6.45) is 5.07. The van der Waals surface area contributed by atoms with Gasteiger partial charge in [0.25, 0.3) is 5.91 Å². The van der Waals surface area contributed by atoms with E-state index in [1.165, 1.54) is 10.7 Å². The summed E-state index contributed by atoms with van der Waals surface area (Å²) in [5, 5.41) is 7.76. The summed E-state index contributed by atoms with van der Waals surface area (Å²) in [4.78, 5) is 45.1. The molecule has 0 bridgehead atoms. The maximum absolute atomic E-state index is 13.5. The molecule has 2 aromatic carbocycles. The predicted octanol–water partition coefficient (Wildman–Crippen LogP) is 4.28. The average Bonchev–Trinajstić information content (AvgIpc) is 3.47. The van der Waals surface area contributed by atoms with Gasteiger partial charge in [-0.05, 0) is 30.9 Å². The summed E-state index contributed by atoms with van der Waals surface area (Å²) in [5.74, 6) is -0.141. The van der Waals surface area contributed by atoms with E-state index in [1.807, 2.05) is 53.4 Å². The lowest BCUT2D eigenvalue weighted by Gasteiger charge is -2.39. The second-order valence-corrected chi connectivity index (χ2v) is 10.1. The van der Waals surface area contributed by atoms with E-state index >= 15 is 0 Å². The van der Waals surface area contributed by atoms with Crippen LogP contribution in [0.3, 0.4) is 0 Å². The molecule has 1 aliphatic heterocycles. The van der Waals surface area contributed by atoms with Crippen LogP contribution in [0.15, 0.2) is 67.0 Å². The fraction of sp³-hybridized carbons (Fsp3) is 0.300. The maximum Gasteiger partial charge on any atom is 0.345 e. The Balaban J connectivity index is 1.23. The van der Waals surface area contributed by atoms with Crippen LogP contribution in [0, 0.1) is 0 Å². The molecule has 1 amide bonds. The van der Waals surface area contributed by atoms with Gasteiger partial charge in [-0.2, -0.15) is 0 Å². The highest BCUT2D eigenvalue weighted by molar-refractivity contribution is 6.03. The van der Waals surface area contributed by atoms with Crippen molar-refractivity contribution in [3.05, 3.63) is 94.8 Å². The number of nitrogens with zero attached hydrogens (tertiary/aromatic N) is 4. The van der Waals surface area contributed by atoms with E-state index in [0.717, 1.165) is 29.5 Å². The summed E-state index contributed by atoms with van der Waals surface area (Å²) in [6, 6.07) is 17.6. The molecule has 0 saturated carbocycles. The Labute approximate surface area is 225 Å². The summed E-state index contributed by atoms with van der Waals surface area (Å²) < 4.78 is 6.73. The number of benzene rings is 2. The zero-order valence-electron chi connectivity index (χ0n) is 21.7. The molecule has 1 saturated heterocycles. The van der Waals surface area contributed by atoms with Crippen LogP contribution in [0.1, 0.15) is 68.4 Å². The number of Topliss-reactive ketones (excluding diaryl/α,β-unsaturated/α-hetero) is 1. The van der Waals surface area contributed by atoms with Gasteiger partial charge in [0.15, 0.2) is 17.2 Å². The molecule has 9 heteroatoms. The third-order valence-corrected chi connectivity index (χ3v) is 7.81. The Bertz CT molecular complexity index is 1570. The molecular formula is C30H29N5O4. The molecule has 0 unspecified atom stereocenters. The smallest absolute Gasteiger partial charge is 0.345 e. The van der Waals surface area contributed by atoms with Crippen molar-refractivity contribution in [1.29, 1.82) is 0 Å². The van der Waals surface area contributed by atoms with Gasteiger partial charge < -0.3 is 15.0 Å². The zero-order valence-corrected chi connectivity index (χ0v) is 21.7. The number of hydrogen-bond acceptors (Lipinski definition) is 7. The molecule has 3 heterocycles. The summed E-state index contributed by atoms with van der Waals surface area (Å²) in [6.45, 7) is 3.53. The van der Waals surface area contributed by atoms with Gasteiger partial charge in [0.2, 0.25) is 0 Å². The van der Waals surface area contributed by atoms with Gasteiger partial charge in [0.05, 0.1) is 12.2 Å². The Kier molecular flexibility index (Phi) is 6.34. The quantitative estimate of drug-likeness (QED) is 0.376. The number of ether oxygens (including phenoxy) is 1. The van der Waals surface area contributed by atoms with Gasteiger partial charge in [0.1, 0.15) is 5.56 Å². The molecule has 2 aliphatic rings. The van der Waals surface area contributed by atoms with Gasteiger partial charge in [-0.3, -0.25) is 9.59 Å². The van der Waals surface area contributed by atoms with E-state index < -0.39 is 5.97 Å². The molecule has 0 radical (unpaired) electrons. The van der Waals surface area contributed by atoms with E-state index in [0.29, 0.717) is 43.1 Å². The number of anilines is 1. The molecule has 6 rings (SSSR count).